The van der Waals surface area contributed by atoms with E-state index in [2.05, 4.69) is 41.5 Å². The van der Waals surface area contributed by atoms with Gasteiger partial charge in [-0.15, -0.1) is 0 Å². The number of esters is 1. The van der Waals surface area contributed by atoms with Gasteiger partial charge in [0.05, 0.1) is 31.3 Å². The van der Waals surface area contributed by atoms with Gasteiger partial charge in [-0.1, -0.05) is 48.5 Å². The minimum atomic E-state index is -0.885. The number of fused-ring (bicyclic) bond motifs is 7. The lowest BCUT2D eigenvalue weighted by atomic mass is 9.29. The zero-order valence-corrected chi connectivity index (χ0v) is 24.7. The molecule has 14 atom stereocenters. The van der Waals surface area contributed by atoms with E-state index in [1.54, 1.807) is 7.11 Å². The largest absolute Gasteiger partial charge is 0.469 e. The van der Waals surface area contributed by atoms with Crippen molar-refractivity contribution in [3.05, 3.63) is 0 Å². The summed E-state index contributed by atoms with van der Waals surface area (Å²) in [5.41, 5.74) is -1.02. The van der Waals surface area contributed by atoms with Crippen LogP contribution in [-0.2, 0) is 9.53 Å². The van der Waals surface area contributed by atoms with Gasteiger partial charge in [0.15, 0.2) is 0 Å². The average molecular weight is 519 g/mol. The predicted molar refractivity (Wildman–Crippen MR) is 144 cm³/mol. The molecule has 0 spiro atoms. The predicted octanol–water partition coefficient (Wildman–Crippen LogP) is 5.45. The number of methoxy groups -OCH3 is 1. The quantitative estimate of drug-likeness (QED) is 0.423. The summed E-state index contributed by atoms with van der Waals surface area (Å²) in [4.78, 5) is 13.5. The molecule has 0 saturated heterocycles. The van der Waals surface area contributed by atoms with E-state index in [9.17, 15) is 20.1 Å². The molecule has 5 fully saturated rings. The third-order valence-electron chi connectivity index (χ3n) is 14.6. The maximum Gasteiger partial charge on any atom is 0.312 e. The lowest BCUT2D eigenvalue weighted by Crippen LogP contribution is -2.71. The highest BCUT2D eigenvalue weighted by Gasteiger charge is 2.73. The van der Waals surface area contributed by atoms with Crippen molar-refractivity contribution in [2.75, 3.05) is 13.7 Å². The number of rotatable bonds is 2. The van der Waals surface area contributed by atoms with Crippen LogP contribution in [0.4, 0.5) is 0 Å². The number of hydrogen-bond donors (Lipinski definition) is 3. The Kier molecular flexibility index (Phi) is 6.54. The van der Waals surface area contributed by atoms with Crippen molar-refractivity contribution in [3.8, 4) is 0 Å². The molecular formula is C32H54O5. The molecule has 0 amide bonds. The van der Waals surface area contributed by atoms with Gasteiger partial charge in [-0.2, -0.15) is 0 Å². The molecule has 0 bridgehead atoms. The van der Waals surface area contributed by atoms with Crippen molar-refractivity contribution in [2.45, 2.75) is 112 Å². The van der Waals surface area contributed by atoms with Crippen LogP contribution in [0, 0.1) is 68.5 Å². The Labute approximate surface area is 225 Å². The molecule has 5 aliphatic rings. The van der Waals surface area contributed by atoms with Crippen LogP contribution in [0.25, 0.3) is 0 Å². The molecule has 0 aromatic carbocycles. The van der Waals surface area contributed by atoms with Crippen LogP contribution in [0.5, 0.6) is 0 Å². The minimum Gasteiger partial charge on any atom is -0.469 e. The van der Waals surface area contributed by atoms with Gasteiger partial charge < -0.3 is 20.1 Å². The zero-order chi connectivity index (χ0) is 27.3. The van der Waals surface area contributed by atoms with Crippen LogP contribution < -0.4 is 0 Å². The van der Waals surface area contributed by atoms with Crippen molar-refractivity contribution in [1.82, 2.24) is 0 Å². The summed E-state index contributed by atoms with van der Waals surface area (Å²) in [7, 11) is 1.58. The van der Waals surface area contributed by atoms with Gasteiger partial charge in [0, 0.05) is 5.41 Å². The summed E-state index contributed by atoms with van der Waals surface area (Å²) >= 11 is 0. The molecular weight excluding hydrogens is 464 g/mol. The lowest BCUT2D eigenvalue weighted by molar-refractivity contribution is -0.286. The smallest absolute Gasteiger partial charge is 0.312 e. The Bertz CT molecular complexity index is 921. The maximum atomic E-state index is 13.5. The third-order valence-corrected chi connectivity index (χ3v) is 14.6. The van der Waals surface area contributed by atoms with E-state index in [0.29, 0.717) is 41.9 Å². The monoisotopic (exact) mass is 518 g/mol. The minimum absolute atomic E-state index is 0.0246. The van der Waals surface area contributed by atoms with E-state index < -0.39 is 17.6 Å². The molecule has 0 heterocycles. The Morgan fingerprint density at radius 2 is 1.54 bits per heavy atom. The molecule has 37 heavy (non-hydrogen) atoms. The molecule has 0 radical (unpaired) electrons. The van der Waals surface area contributed by atoms with Gasteiger partial charge in [-0.05, 0) is 109 Å². The summed E-state index contributed by atoms with van der Waals surface area (Å²) in [5, 5.41) is 32.7. The van der Waals surface area contributed by atoms with Gasteiger partial charge in [-0.25, -0.2) is 0 Å². The van der Waals surface area contributed by atoms with Gasteiger partial charge in [0.2, 0.25) is 0 Å². The van der Waals surface area contributed by atoms with Gasteiger partial charge in [-0.3, -0.25) is 4.79 Å². The molecule has 5 rings (SSSR count). The lowest BCUT2D eigenvalue weighted by Gasteiger charge is -2.75. The van der Waals surface area contributed by atoms with E-state index in [-0.39, 0.29) is 40.2 Å². The Hall–Kier alpha value is -0.650. The number of aliphatic hydroxyl groups is 3. The van der Waals surface area contributed by atoms with Gasteiger partial charge in [0.25, 0.3) is 0 Å². The number of carbonyl (C=O) groups is 1. The van der Waals surface area contributed by atoms with E-state index in [1.807, 2.05) is 6.92 Å². The fourth-order valence-corrected chi connectivity index (χ4v) is 12.4. The van der Waals surface area contributed by atoms with Crippen LogP contribution in [-0.4, -0.2) is 47.2 Å². The molecule has 5 nitrogen and oxygen atoms in total. The molecule has 212 valence electrons. The highest BCUT2D eigenvalue weighted by Crippen LogP contribution is 2.78. The first-order valence-electron chi connectivity index (χ1n) is 15.2. The highest BCUT2D eigenvalue weighted by atomic mass is 16.5. The Morgan fingerprint density at radius 1 is 0.865 bits per heavy atom. The molecule has 5 heteroatoms. The number of carbonyl (C=O) groups excluding carboxylic acids is 1. The van der Waals surface area contributed by atoms with Crippen LogP contribution in [0.3, 0.4) is 0 Å². The highest BCUT2D eigenvalue weighted by molar-refractivity contribution is 5.77. The van der Waals surface area contributed by atoms with E-state index in [0.717, 1.165) is 44.9 Å². The molecule has 5 aliphatic carbocycles. The topological polar surface area (TPSA) is 87.0 Å². The summed E-state index contributed by atoms with van der Waals surface area (Å²) in [5.74, 6) is 2.96. The van der Waals surface area contributed by atoms with E-state index in [4.69, 9.17) is 4.74 Å². The summed E-state index contributed by atoms with van der Waals surface area (Å²) in [6.07, 6.45) is 6.07. The standard InChI is InChI=1S/C32H54O5/c1-18-9-12-32(27(36)37-8)14-13-31(7)24(25(32)20(18)3)19(2)15-23-28(4)16-21(34)26(35)29(5,17-33)22(28)10-11-30(23,31)6/h18-26,33-35H,9-17H2,1-8H3/t18-,19?,20+,21?,22?,23?,24?,25?,26?,28+,29+,30-,31-,32+/m1/s1. The second kappa shape index (κ2) is 8.67. The van der Waals surface area contributed by atoms with Crippen molar-refractivity contribution < 1.29 is 24.9 Å². The zero-order valence-electron chi connectivity index (χ0n) is 24.7. The van der Waals surface area contributed by atoms with Crippen LogP contribution in [0.1, 0.15) is 99.8 Å². The van der Waals surface area contributed by atoms with Gasteiger partial charge >= 0.3 is 5.97 Å². The molecule has 5 saturated carbocycles. The Balaban J connectivity index is 1.61. The summed E-state index contributed by atoms with van der Waals surface area (Å²) in [6.45, 7) is 16.6. The molecule has 0 aromatic heterocycles. The van der Waals surface area contributed by atoms with Gasteiger partial charge in [0.1, 0.15) is 0 Å². The van der Waals surface area contributed by atoms with Crippen molar-refractivity contribution >= 4 is 5.97 Å². The maximum absolute atomic E-state index is 13.5. The second-order valence-corrected chi connectivity index (χ2v) is 15.7. The van der Waals surface area contributed by atoms with E-state index in [1.165, 1.54) is 0 Å². The first kappa shape index (κ1) is 27.9. The fraction of sp³-hybridized carbons (Fsp3) is 0.969. The fourth-order valence-electron chi connectivity index (χ4n) is 12.4. The normalized spacial score (nSPS) is 59.4. The second-order valence-electron chi connectivity index (χ2n) is 15.7. The number of ether oxygens (including phenoxy) is 1. The SMILES string of the molecule is COC(=O)[C@]12CC[C@@H](C)[C@H](C)C1C1C(C)CC3[C@@]4(C)CC(O)C(O)[C@@](C)(CO)C4CC[C@@]3(C)[C@]1(C)CC2. The first-order chi connectivity index (χ1) is 17.2. The van der Waals surface area contributed by atoms with Crippen molar-refractivity contribution in [1.29, 1.82) is 0 Å². The Morgan fingerprint density at radius 3 is 2.16 bits per heavy atom. The van der Waals surface area contributed by atoms with Crippen molar-refractivity contribution in [3.63, 3.8) is 0 Å². The van der Waals surface area contributed by atoms with Crippen LogP contribution in [0.2, 0.25) is 0 Å². The van der Waals surface area contributed by atoms with E-state index >= 15 is 0 Å². The number of hydrogen-bond acceptors (Lipinski definition) is 5. The van der Waals surface area contributed by atoms with Crippen molar-refractivity contribution in [2.24, 2.45) is 68.5 Å². The first-order valence-corrected chi connectivity index (χ1v) is 15.2. The molecule has 0 aliphatic heterocycles. The van der Waals surface area contributed by atoms with Crippen LogP contribution >= 0.6 is 0 Å². The molecule has 0 aromatic rings. The molecule has 3 N–H and O–H groups in total. The van der Waals surface area contributed by atoms with Crippen LogP contribution in [0.15, 0.2) is 0 Å². The number of aliphatic hydroxyl groups excluding tert-OH is 3. The molecule has 7 unspecified atom stereocenters. The summed E-state index contributed by atoms with van der Waals surface area (Å²) in [6, 6.07) is 0. The average Bonchev–Trinajstić information content (AvgIpc) is 2.86. The summed E-state index contributed by atoms with van der Waals surface area (Å²) < 4.78 is 5.54. The third kappa shape index (κ3) is 3.29.